The minimum Gasteiger partial charge on any atom is -0.481 e. The summed E-state index contributed by atoms with van der Waals surface area (Å²) in [5.41, 5.74) is 0.277. The van der Waals surface area contributed by atoms with Crippen molar-refractivity contribution in [3.8, 4) is 0 Å². The van der Waals surface area contributed by atoms with Gasteiger partial charge in [-0.2, -0.15) is 0 Å². The van der Waals surface area contributed by atoms with Gasteiger partial charge >= 0.3 is 5.97 Å². The molecule has 2 aliphatic rings. The molecule has 6 heteroatoms. The molecule has 24 heavy (non-hydrogen) atoms. The number of hydrogen-bond acceptors (Lipinski definition) is 3. The smallest absolute Gasteiger partial charge is 0.306 e. The summed E-state index contributed by atoms with van der Waals surface area (Å²) in [5, 5.41) is 9.41. The third-order valence-electron chi connectivity index (χ3n) is 5.46. The fraction of sp³-hybridized carbons (Fsp3) is 0.611. The van der Waals surface area contributed by atoms with E-state index in [9.17, 15) is 18.7 Å². The largest absolute Gasteiger partial charge is 0.481 e. The van der Waals surface area contributed by atoms with Gasteiger partial charge in [0.05, 0.1) is 18.6 Å². The Morgan fingerprint density at radius 2 is 2.17 bits per heavy atom. The molecule has 0 unspecified atom stereocenters. The molecule has 0 amide bonds. The first-order chi connectivity index (χ1) is 11.4. The highest BCUT2D eigenvalue weighted by molar-refractivity contribution is 5.71. The molecule has 1 N–H and O–H groups in total. The Balaban J connectivity index is 1.81. The highest BCUT2D eigenvalue weighted by atomic mass is 19.1. The van der Waals surface area contributed by atoms with Gasteiger partial charge in [-0.15, -0.1) is 0 Å². The van der Waals surface area contributed by atoms with Crippen molar-refractivity contribution < 1.29 is 23.4 Å². The number of aliphatic carboxylic acids is 1. The molecule has 1 aromatic carbocycles. The van der Waals surface area contributed by atoms with E-state index in [4.69, 9.17) is 4.74 Å². The van der Waals surface area contributed by atoms with E-state index in [1.54, 1.807) is 6.92 Å². The standard InChI is InChI=1S/C18H23F2NO3/c1-10(21-8-14-7-13(21)9-24-14)5-16(11(2)18(22)23)15-4-3-12(19)6-17(15)20/h3-4,6,10-11,13-14,16H,5,7-9H2,1-2H3,(H,22,23)/t10-,11-,13+,14+,16-/m1/s1. The van der Waals surface area contributed by atoms with Crippen molar-refractivity contribution in [1.82, 2.24) is 4.90 Å². The lowest BCUT2D eigenvalue weighted by atomic mass is 9.82. The van der Waals surface area contributed by atoms with Crippen LogP contribution in [0.15, 0.2) is 18.2 Å². The van der Waals surface area contributed by atoms with Crippen LogP contribution in [0.2, 0.25) is 0 Å². The Hall–Kier alpha value is -1.53. The molecule has 2 saturated heterocycles. The highest BCUT2D eigenvalue weighted by Gasteiger charge is 2.42. The van der Waals surface area contributed by atoms with Crippen LogP contribution in [0.4, 0.5) is 8.78 Å². The van der Waals surface area contributed by atoms with E-state index in [0.717, 1.165) is 19.0 Å². The van der Waals surface area contributed by atoms with E-state index in [1.165, 1.54) is 12.1 Å². The van der Waals surface area contributed by atoms with E-state index in [2.05, 4.69) is 4.90 Å². The van der Waals surface area contributed by atoms with Crippen LogP contribution < -0.4 is 0 Å². The van der Waals surface area contributed by atoms with Gasteiger partial charge in [-0.05, 0) is 31.4 Å². The summed E-state index contributed by atoms with van der Waals surface area (Å²) in [6.45, 7) is 5.18. The van der Waals surface area contributed by atoms with Crippen LogP contribution in [-0.4, -0.2) is 47.3 Å². The maximum Gasteiger partial charge on any atom is 0.306 e. The zero-order chi connectivity index (χ0) is 17.4. The molecule has 0 radical (unpaired) electrons. The lowest BCUT2D eigenvalue weighted by molar-refractivity contribution is -0.142. The first kappa shape index (κ1) is 17.3. The van der Waals surface area contributed by atoms with Crippen molar-refractivity contribution in [2.75, 3.05) is 13.2 Å². The van der Waals surface area contributed by atoms with Crippen LogP contribution in [0, 0.1) is 17.6 Å². The van der Waals surface area contributed by atoms with E-state index in [-0.39, 0.29) is 17.7 Å². The normalized spacial score (nSPS) is 27.2. The average molecular weight is 339 g/mol. The average Bonchev–Trinajstić information content (AvgIpc) is 3.15. The maximum atomic E-state index is 14.2. The van der Waals surface area contributed by atoms with Gasteiger partial charge in [-0.1, -0.05) is 13.0 Å². The topological polar surface area (TPSA) is 49.8 Å². The molecule has 1 aromatic rings. The van der Waals surface area contributed by atoms with E-state index >= 15 is 0 Å². The number of nitrogens with zero attached hydrogens (tertiary/aromatic N) is 1. The van der Waals surface area contributed by atoms with E-state index < -0.39 is 29.4 Å². The number of ether oxygens (including phenoxy) is 1. The maximum absolute atomic E-state index is 14.2. The number of benzene rings is 1. The predicted octanol–water partition coefficient (Wildman–Crippen LogP) is 3.02. The van der Waals surface area contributed by atoms with E-state index in [0.29, 0.717) is 19.1 Å². The SMILES string of the molecule is C[C@H](C[C@@H](c1ccc(F)cc1F)[C@@H](C)C(=O)O)N1C[C@@H]2C[C@H]1CO2. The Labute approximate surface area is 140 Å². The zero-order valence-corrected chi connectivity index (χ0v) is 13.9. The minimum atomic E-state index is -0.970. The van der Waals surface area contributed by atoms with Gasteiger partial charge in [0.25, 0.3) is 0 Å². The third kappa shape index (κ3) is 3.30. The van der Waals surface area contributed by atoms with Gasteiger partial charge in [0, 0.05) is 30.6 Å². The Kier molecular flexibility index (Phi) is 4.88. The molecule has 2 bridgehead atoms. The minimum absolute atomic E-state index is 0.111. The van der Waals surface area contributed by atoms with Gasteiger partial charge in [0.1, 0.15) is 11.6 Å². The first-order valence-corrected chi connectivity index (χ1v) is 8.42. The second-order valence-electron chi connectivity index (χ2n) is 7.03. The quantitative estimate of drug-likeness (QED) is 0.866. The van der Waals surface area contributed by atoms with Crippen molar-refractivity contribution >= 4 is 5.97 Å². The molecule has 0 aromatic heterocycles. The van der Waals surface area contributed by atoms with Crippen LogP contribution in [0.1, 0.15) is 38.2 Å². The number of halogens is 2. The number of carbonyl (C=O) groups is 1. The number of carboxylic acids is 1. The third-order valence-corrected chi connectivity index (χ3v) is 5.46. The van der Waals surface area contributed by atoms with Gasteiger partial charge in [-0.3, -0.25) is 9.69 Å². The molecule has 2 aliphatic heterocycles. The Bertz CT molecular complexity index is 624. The summed E-state index contributed by atoms with van der Waals surface area (Å²) in [6, 6.07) is 3.87. The molecule has 2 fully saturated rings. The lowest BCUT2D eigenvalue weighted by Gasteiger charge is -2.35. The number of carboxylic acid groups (broad SMARTS) is 1. The second kappa shape index (κ2) is 6.76. The molecule has 5 atom stereocenters. The van der Waals surface area contributed by atoms with Crippen LogP contribution in [0.5, 0.6) is 0 Å². The van der Waals surface area contributed by atoms with Gasteiger partial charge in [0.15, 0.2) is 0 Å². The number of rotatable bonds is 6. The molecule has 4 nitrogen and oxygen atoms in total. The molecule has 3 rings (SSSR count). The highest BCUT2D eigenvalue weighted by Crippen LogP contribution is 2.36. The summed E-state index contributed by atoms with van der Waals surface area (Å²) < 4.78 is 33.0. The van der Waals surface area contributed by atoms with E-state index in [1.807, 2.05) is 6.92 Å². The fourth-order valence-electron chi connectivity index (χ4n) is 4.05. The monoisotopic (exact) mass is 339 g/mol. The zero-order valence-electron chi connectivity index (χ0n) is 13.9. The van der Waals surface area contributed by atoms with Crippen molar-refractivity contribution in [1.29, 1.82) is 0 Å². The molecule has 0 spiro atoms. The molecule has 0 aliphatic carbocycles. The number of morpholine rings is 1. The molecule has 2 heterocycles. The Morgan fingerprint density at radius 1 is 1.42 bits per heavy atom. The van der Waals surface area contributed by atoms with Gasteiger partial charge < -0.3 is 9.84 Å². The second-order valence-corrected chi connectivity index (χ2v) is 7.03. The molecule has 0 saturated carbocycles. The predicted molar refractivity (Wildman–Crippen MR) is 84.8 cm³/mol. The van der Waals surface area contributed by atoms with Gasteiger partial charge in [-0.25, -0.2) is 8.78 Å². The summed E-state index contributed by atoms with van der Waals surface area (Å²) in [4.78, 5) is 13.8. The summed E-state index contributed by atoms with van der Waals surface area (Å²) >= 11 is 0. The summed E-state index contributed by atoms with van der Waals surface area (Å²) in [7, 11) is 0. The molecular formula is C18H23F2NO3. The van der Waals surface area contributed by atoms with Crippen molar-refractivity contribution in [3.05, 3.63) is 35.4 Å². The Morgan fingerprint density at radius 3 is 2.71 bits per heavy atom. The van der Waals surface area contributed by atoms with Crippen molar-refractivity contribution in [2.24, 2.45) is 5.92 Å². The first-order valence-electron chi connectivity index (χ1n) is 8.42. The van der Waals surface area contributed by atoms with Crippen LogP contribution in [-0.2, 0) is 9.53 Å². The van der Waals surface area contributed by atoms with Crippen molar-refractivity contribution in [2.45, 2.75) is 50.8 Å². The number of hydrogen-bond donors (Lipinski definition) is 1. The van der Waals surface area contributed by atoms with Crippen LogP contribution in [0.3, 0.4) is 0 Å². The van der Waals surface area contributed by atoms with Gasteiger partial charge in [0.2, 0.25) is 0 Å². The lowest BCUT2D eigenvalue weighted by Crippen LogP contribution is -2.44. The fourth-order valence-corrected chi connectivity index (χ4v) is 4.05. The van der Waals surface area contributed by atoms with Crippen LogP contribution >= 0.6 is 0 Å². The van der Waals surface area contributed by atoms with Crippen molar-refractivity contribution in [3.63, 3.8) is 0 Å². The number of likely N-dealkylation sites (tertiary alicyclic amines) is 1. The van der Waals surface area contributed by atoms with Crippen LogP contribution in [0.25, 0.3) is 0 Å². The number of fused-ring (bicyclic) bond motifs is 2. The summed E-state index contributed by atoms with van der Waals surface area (Å²) in [6.07, 6.45) is 1.78. The summed E-state index contributed by atoms with van der Waals surface area (Å²) in [5.74, 6) is -3.55. The molecule has 132 valence electrons. The molecular weight excluding hydrogens is 316 g/mol.